The quantitative estimate of drug-likeness (QED) is 0.911. The van der Waals surface area contributed by atoms with Crippen molar-refractivity contribution in [2.24, 2.45) is 5.73 Å². The Hall–Kier alpha value is -1.55. The zero-order valence-electron chi connectivity index (χ0n) is 13.3. The first-order valence-corrected chi connectivity index (χ1v) is 7.83. The fourth-order valence-corrected chi connectivity index (χ4v) is 2.48. The minimum absolute atomic E-state index is 0.262. The summed E-state index contributed by atoms with van der Waals surface area (Å²) in [5.74, 6) is 1.68. The van der Waals surface area contributed by atoms with Gasteiger partial charge in [0.25, 0.3) is 0 Å². The Labute approximate surface area is 126 Å². The molecular weight excluding hydrogens is 264 g/mol. The summed E-state index contributed by atoms with van der Waals surface area (Å²) < 4.78 is 10.9. The zero-order chi connectivity index (χ0) is 15.2. The van der Waals surface area contributed by atoms with Crippen LogP contribution in [0.4, 0.5) is 0 Å². The van der Waals surface area contributed by atoms with E-state index < -0.39 is 0 Å². The van der Waals surface area contributed by atoms with E-state index in [-0.39, 0.29) is 5.92 Å². The third-order valence-corrected chi connectivity index (χ3v) is 3.73. The minimum atomic E-state index is 0.262. The third-order valence-electron chi connectivity index (χ3n) is 3.73. The maximum Gasteiger partial charge on any atom is 0.198 e. The number of ether oxygens (including phenoxy) is 1. The van der Waals surface area contributed by atoms with Crippen LogP contribution in [-0.2, 0) is 6.54 Å². The van der Waals surface area contributed by atoms with Gasteiger partial charge in [-0.1, -0.05) is 46.0 Å². The molecule has 4 nitrogen and oxygen atoms in total. The largest absolute Gasteiger partial charge is 0.493 e. The molecule has 0 aliphatic heterocycles. The highest BCUT2D eigenvalue weighted by Gasteiger charge is 2.14. The average Bonchev–Trinajstić information content (AvgIpc) is 3.17. The predicted octanol–water partition coefficient (Wildman–Crippen LogP) is 4.37. The van der Waals surface area contributed by atoms with Crippen molar-refractivity contribution in [2.45, 2.75) is 58.4 Å². The van der Waals surface area contributed by atoms with Crippen molar-refractivity contribution in [1.82, 2.24) is 4.98 Å². The van der Waals surface area contributed by atoms with Gasteiger partial charge >= 0.3 is 0 Å². The van der Waals surface area contributed by atoms with Gasteiger partial charge in [0.05, 0.1) is 7.11 Å². The van der Waals surface area contributed by atoms with Crippen LogP contribution in [0.1, 0.15) is 63.3 Å². The van der Waals surface area contributed by atoms with Crippen molar-refractivity contribution in [3.05, 3.63) is 23.6 Å². The molecule has 21 heavy (non-hydrogen) atoms. The van der Waals surface area contributed by atoms with E-state index in [9.17, 15) is 0 Å². The first-order valence-electron chi connectivity index (χ1n) is 7.83. The highest BCUT2D eigenvalue weighted by atomic mass is 16.5. The lowest BCUT2D eigenvalue weighted by Crippen LogP contribution is -1.96. The van der Waals surface area contributed by atoms with Gasteiger partial charge in [-0.25, -0.2) is 4.98 Å². The van der Waals surface area contributed by atoms with Gasteiger partial charge in [-0.2, -0.15) is 0 Å². The van der Waals surface area contributed by atoms with Crippen LogP contribution in [0.25, 0.3) is 11.1 Å². The van der Waals surface area contributed by atoms with Crippen LogP contribution in [0, 0.1) is 0 Å². The van der Waals surface area contributed by atoms with E-state index in [4.69, 9.17) is 14.9 Å². The summed E-state index contributed by atoms with van der Waals surface area (Å²) in [6, 6.07) is 3.82. The van der Waals surface area contributed by atoms with Crippen molar-refractivity contribution in [3.8, 4) is 5.75 Å². The maximum atomic E-state index is 5.67. The summed E-state index contributed by atoms with van der Waals surface area (Å²) in [7, 11) is 1.62. The van der Waals surface area contributed by atoms with E-state index in [0.717, 1.165) is 17.0 Å². The first-order chi connectivity index (χ1) is 10.2. The molecule has 1 aliphatic carbocycles. The Morgan fingerprint density at radius 3 is 2.29 bits per heavy atom. The summed E-state index contributed by atoms with van der Waals surface area (Å²) >= 11 is 0. The van der Waals surface area contributed by atoms with E-state index in [1.165, 1.54) is 32.1 Å². The summed E-state index contributed by atoms with van der Waals surface area (Å²) in [6.45, 7) is 4.55. The minimum Gasteiger partial charge on any atom is -0.493 e. The number of rotatable bonds is 3. The van der Waals surface area contributed by atoms with Crippen molar-refractivity contribution in [1.29, 1.82) is 0 Å². The number of nitrogens with zero attached hydrogens (tertiary/aromatic N) is 1. The first kappa shape index (κ1) is 15.8. The van der Waals surface area contributed by atoms with E-state index >= 15 is 0 Å². The molecule has 1 aliphatic rings. The molecule has 1 saturated carbocycles. The van der Waals surface area contributed by atoms with Crippen LogP contribution in [-0.4, -0.2) is 12.1 Å². The Morgan fingerprint density at radius 1 is 1.19 bits per heavy atom. The highest BCUT2D eigenvalue weighted by molar-refractivity contribution is 5.80. The molecule has 0 bridgehead atoms. The van der Waals surface area contributed by atoms with Crippen LogP contribution in [0.2, 0.25) is 0 Å². The van der Waals surface area contributed by atoms with Crippen LogP contribution in [0.3, 0.4) is 0 Å². The number of oxazole rings is 1. The molecule has 0 spiro atoms. The van der Waals surface area contributed by atoms with Gasteiger partial charge in [-0.05, 0) is 17.7 Å². The van der Waals surface area contributed by atoms with Gasteiger partial charge in [-0.15, -0.1) is 0 Å². The fraction of sp³-hybridized carbons (Fsp3) is 0.588. The second-order valence-electron chi connectivity index (χ2n) is 5.83. The Bertz CT molecular complexity index is 564. The lowest BCUT2D eigenvalue weighted by Gasteiger charge is -2.02. The highest BCUT2D eigenvalue weighted by Crippen LogP contribution is 2.30. The Balaban J connectivity index is 0.000000272. The molecule has 3 rings (SSSR count). The summed E-state index contributed by atoms with van der Waals surface area (Å²) in [5, 5.41) is 0. The second-order valence-corrected chi connectivity index (χ2v) is 5.83. The SMILES string of the molecule is C1CCCC1.COc1cc(CN)cc2nc(C(C)C)oc12. The molecule has 0 radical (unpaired) electrons. The average molecular weight is 290 g/mol. The van der Waals surface area contributed by atoms with Crippen molar-refractivity contribution in [2.75, 3.05) is 7.11 Å². The standard InChI is InChI=1S/C12H16N2O2.C5H10/c1-7(2)12-14-9-4-8(6-13)5-10(15-3)11(9)16-12;1-2-4-5-3-1/h4-5,7H,6,13H2,1-3H3;1-5H2. The molecule has 1 aromatic heterocycles. The molecule has 0 saturated heterocycles. The molecule has 1 heterocycles. The molecule has 0 amide bonds. The number of hydrogen-bond donors (Lipinski definition) is 1. The van der Waals surface area contributed by atoms with E-state index in [1.54, 1.807) is 7.11 Å². The van der Waals surface area contributed by atoms with Crippen molar-refractivity contribution < 1.29 is 9.15 Å². The molecule has 2 N–H and O–H groups in total. The van der Waals surface area contributed by atoms with E-state index in [1.807, 2.05) is 26.0 Å². The topological polar surface area (TPSA) is 61.3 Å². The van der Waals surface area contributed by atoms with Gasteiger partial charge in [0.1, 0.15) is 5.52 Å². The van der Waals surface area contributed by atoms with Gasteiger partial charge in [-0.3, -0.25) is 0 Å². The fourth-order valence-electron chi connectivity index (χ4n) is 2.48. The molecule has 0 unspecified atom stereocenters. The van der Waals surface area contributed by atoms with Crippen molar-refractivity contribution >= 4 is 11.1 Å². The second kappa shape index (κ2) is 7.46. The van der Waals surface area contributed by atoms with E-state index in [0.29, 0.717) is 17.9 Å². The van der Waals surface area contributed by atoms with Crippen LogP contribution in [0.5, 0.6) is 5.75 Å². The zero-order valence-corrected chi connectivity index (χ0v) is 13.3. The van der Waals surface area contributed by atoms with Crippen LogP contribution in [0.15, 0.2) is 16.5 Å². The smallest absolute Gasteiger partial charge is 0.198 e. The number of hydrogen-bond acceptors (Lipinski definition) is 4. The number of nitrogens with two attached hydrogens (primary N) is 1. The lowest BCUT2D eigenvalue weighted by atomic mass is 10.2. The normalized spacial score (nSPS) is 14.3. The maximum absolute atomic E-state index is 5.67. The predicted molar refractivity (Wildman–Crippen MR) is 85.6 cm³/mol. The van der Waals surface area contributed by atoms with Gasteiger partial charge in [0.15, 0.2) is 17.2 Å². The van der Waals surface area contributed by atoms with Crippen molar-refractivity contribution in [3.63, 3.8) is 0 Å². The van der Waals surface area contributed by atoms with Crippen LogP contribution < -0.4 is 10.5 Å². The molecule has 1 aromatic carbocycles. The third kappa shape index (κ3) is 3.97. The molecular formula is C17H26N2O2. The number of benzene rings is 1. The molecule has 1 fully saturated rings. The van der Waals surface area contributed by atoms with Gasteiger partial charge in [0.2, 0.25) is 0 Å². The monoisotopic (exact) mass is 290 g/mol. The molecule has 116 valence electrons. The molecule has 0 atom stereocenters. The van der Waals surface area contributed by atoms with Crippen LogP contribution >= 0.6 is 0 Å². The summed E-state index contributed by atoms with van der Waals surface area (Å²) in [6.07, 6.45) is 7.50. The molecule has 4 heteroatoms. The Morgan fingerprint density at radius 2 is 1.81 bits per heavy atom. The Kier molecular flexibility index (Phi) is 5.62. The van der Waals surface area contributed by atoms with Gasteiger partial charge in [0, 0.05) is 12.5 Å². The summed E-state index contributed by atoms with van der Waals surface area (Å²) in [4.78, 5) is 4.43. The van der Waals surface area contributed by atoms with E-state index in [2.05, 4.69) is 4.98 Å². The van der Waals surface area contributed by atoms with Gasteiger partial charge < -0.3 is 14.9 Å². The number of aromatic nitrogens is 1. The molecule has 2 aromatic rings. The number of fused-ring (bicyclic) bond motifs is 1. The summed E-state index contributed by atoms with van der Waals surface area (Å²) in [5.41, 5.74) is 8.12. The number of methoxy groups -OCH3 is 1. The lowest BCUT2D eigenvalue weighted by molar-refractivity contribution is 0.404.